The van der Waals surface area contributed by atoms with Crippen LogP contribution in [-0.4, -0.2) is 57.9 Å². The molecule has 0 aromatic carbocycles. The maximum absolute atomic E-state index is 12.7. The number of hydrogen-bond donors (Lipinski definition) is 0. The van der Waals surface area contributed by atoms with Crippen LogP contribution in [0.4, 0.5) is 0 Å². The first-order valence-electron chi connectivity index (χ1n) is 7.64. The molecule has 0 N–H and O–H groups in total. The standard InChI is InChI=1S/C15H18N4O3/c20-15(12-10-21-8-9-22-12)18-7-3-4-11(18)14-17-16-13-5-1-2-6-19(13)14/h1-2,5-6,11-12H,3-4,7-10H2/t11-,12+/m0/s1. The number of carbonyl (C=O) groups excluding carboxylic acids is 1. The molecule has 2 aliphatic rings. The third-order valence-corrected chi connectivity index (χ3v) is 4.27. The highest BCUT2D eigenvalue weighted by atomic mass is 16.6. The molecule has 2 aromatic heterocycles. The second kappa shape index (κ2) is 5.66. The summed E-state index contributed by atoms with van der Waals surface area (Å²) in [7, 11) is 0. The average molecular weight is 302 g/mol. The van der Waals surface area contributed by atoms with Crippen LogP contribution in [0.1, 0.15) is 24.7 Å². The second-order valence-corrected chi connectivity index (χ2v) is 5.61. The van der Waals surface area contributed by atoms with Gasteiger partial charge in [0.15, 0.2) is 17.6 Å². The minimum Gasteiger partial charge on any atom is -0.376 e. The van der Waals surface area contributed by atoms with Gasteiger partial charge in [-0.25, -0.2) is 0 Å². The first-order chi connectivity index (χ1) is 10.8. The van der Waals surface area contributed by atoms with Gasteiger partial charge in [-0.2, -0.15) is 0 Å². The molecule has 2 atom stereocenters. The van der Waals surface area contributed by atoms with Crippen molar-refractivity contribution in [3.8, 4) is 0 Å². The van der Waals surface area contributed by atoms with Crippen LogP contribution < -0.4 is 0 Å². The quantitative estimate of drug-likeness (QED) is 0.821. The molecule has 2 aromatic rings. The lowest BCUT2D eigenvalue weighted by molar-refractivity contribution is -0.159. The van der Waals surface area contributed by atoms with Crippen LogP contribution >= 0.6 is 0 Å². The Morgan fingerprint density at radius 1 is 1.27 bits per heavy atom. The van der Waals surface area contributed by atoms with Gasteiger partial charge in [-0.05, 0) is 25.0 Å². The number of likely N-dealkylation sites (tertiary alicyclic amines) is 1. The number of pyridine rings is 1. The molecular formula is C15H18N4O3. The maximum atomic E-state index is 12.7. The molecule has 7 heteroatoms. The Hall–Kier alpha value is -1.99. The first kappa shape index (κ1) is 13.7. The van der Waals surface area contributed by atoms with E-state index in [4.69, 9.17) is 9.47 Å². The van der Waals surface area contributed by atoms with E-state index in [2.05, 4.69) is 10.2 Å². The molecule has 2 saturated heterocycles. The highest BCUT2D eigenvalue weighted by molar-refractivity contribution is 5.81. The average Bonchev–Trinajstić information content (AvgIpc) is 3.21. The van der Waals surface area contributed by atoms with Gasteiger partial charge in [0, 0.05) is 12.7 Å². The van der Waals surface area contributed by atoms with E-state index < -0.39 is 6.10 Å². The van der Waals surface area contributed by atoms with Crippen LogP contribution in [0.3, 0.4) is 0 Å². The van der Waals surface area contributed by atoms with Crippen LogP contribution in [0, 0.1) is 0 Å². The molecule has 2 fully saturated rings. The van der Waals surface area contributed by atoms with E-state index in [1.165, 1.54) is 0 Å². The van der Waals surface area contributed by atoms with Crippen molar-refractivity contribution in [2.45, 2.75) is 25.0 Å². The van der Waals surface area contributed by atoms with Crippen molar-refractivity contribution in [2.75, 3.05) is 26.4 Å². The molecule has 0 radical (unpaired) electrons. The number of aromatic nitrogens is 3. The molecule has 4 heterocycles. The van der Waals surface area contributed by atoms with E-state index in [1.54, 1.807) is 0 Å². The number of fused-ring (bicyclic) bond motifs is 1. The molecule has 22 heavy (non-hydrogen) atoms. The molecule has 7 nitrogen and oxygen atoms in total. The molecular weight excluding hydrogens is 284 g/mol. The SMILES string of the molecule is O=C([C@H]1COCCO1)N1CCC[C@H]1c1nnc2ccccn12. The molecule has 0 aliphatic carbocycles. The summed E-state index contributed by atoms with van der Waals surface area (Å²) < 4.78 is 12.9. The molecule has 0 saturated carbocycles. The van der Waals surface area contributed by atoms with E-state index in [-0.39, 0.29) is 11.9 Å². The summed E-state index contributed by atoms with van der Waals surface area (Å²) in [6.07, 6.45) is 3.31. The molecule has 1 amide bonds. The van der Waals surface area contributed by atoms with Crippen molar-refractivity contribution in [3.63, 3.8) is 0 Å². The zero-order chi connectivity index (χ0) is 14.9. The van der Waals surface area contributed by atoms with Gasteiger partial charge in [0.05, 0.1) is 25.9 Å². The van der Waals surface area contributed by atoms with Crippen LogP contribution in [-0.2, 0) is 14.3 Å². The minimum absolute atomic E-state index is 0.00474. The van der Waals surface area contributed by atoms with E-state index in [0.29, 0.717) is 19.8 Å². The smallest absolute Gasteiger partial charge is 0.254 e. The normalized spacial score (nSPS) is 25.7. The minimum atomic E-state index is -0.492. The van der Waals surface area contributed by atoms with E-state index in [9.17, 15) is 4.79 Å². The highest BCUT2D eigenvalue weighted by Gasteiger charge is 2.37. The highest BCUT2D eigenvalue weighted by Crippen LogP contribution is 2.32. The van der Waals surface area contributed by atoms with Gasteiger partial charge < -0.3 is 14.4 Å². The van der Waals surface area contributed by atoms with Gasteiger partial charge in [-0.3, -0.25) is 9.20 Å². The van der Waals surface area contributed by atoms with Crippen LogP contribution in [0.25, 0.3) is 5.65 Å². The fourth-order valence-electron chi connectivity index (χ4n) is 3.20. The van der Waals surface area contributed by atoms with Gasteiger partial charge in [0.2, 0.25) is 0 Å². The predicted octanol–water partition coefficient (Wildman–Crippen LogP) is 0.808. The maximum Gasteiger partial charge on any atom is 0.254 e. The van der Waals surface area contributed by atoms with E-state index in [1.807, 2.05) is 33.7 Å². The lowest BCUT2D eigenvalue weighted by Crippen LogP contribution is -2.45. The van der Waals surface area contributed by atoms with Gasteiger partial charge in [0.1, 0.15) is 0 Å². The van der Waals surface area contributed by atoms with E-state index in [0.717, 1.165) is 30.9 Å². The molecule has 2 aliphatic heterocycles. The summed E-state index contributed by atoms with van der Waals surface area (Å²) in [5.74, 6) is 0.813. The number of carbonyl (C=O) groups is 1. The van der Waals surface area contributed by atoms with Crippen molar-refractivity contribution in [2.24, 2.45) is 0 Å². The fourth-order valence-corrected chi connectivity index (χ4v) is 3.20. The molecule has 0 unspecified atom stereocenters. The summed E-state index contributed by atoms with van der Waals surface area (Å²) in [5, 5.41) is 8.49. The van der Waals surface area contributed by atoms with Crippen molar-refractivity contribution in [1.29, 1.82) is 0 Å². The first-order valence-corrected chi connectivity index (χ1v) is 7.64. The summed E-state index contributed by atoms with van der Waals surface area (Å²) >= 11 is 0. The summed E-state index contributed by atoms with van der Waals surface area (Å²) in [5.41, 5.74) is 0.800. The largest absolute Gasteiger partial charge is 0.376 e. The predicted molar refractivity (Wildman–Crippen MR) is 77.2 cm³/mol. The summed E-state index contributed by atoms with van der Waals surface area (Å²) in [6, 6.07) is 5.74. The van der Waals surface area contributed by atoms with Crippen molar-refractivity contribution in [1.82, 2.24) is 19.5 Å². The third-order valence-electron chi connectivity index (χ3n) is 4.27. The van der Waals surface area contributed by atoms with Gasteiger partial charge in [-0.1, -0.05) is 6.07 Å². The molecule has 4 rings (SSSR count). The third kappa shape index (κ3) is 2.26. The Labute approximate surface area is 127 Å². The molecule has 116 valence electrons. The Bertz CT molecular complexity index is 680. The van der Waals surface area contributed by atoms with Gasteiger partial charge in [0.25, 0.3) is 5.91 Å². The zero-order valence-electron chi connectivity index (χ0n) is 12.2. The number of ether oxygens (including phenoxy) is 2. The van der Waals surface area contributed by atoms with Gasteiger partial charge in [-0.15, -0.1) is 10.2 Å². The number of amides is 1. The van der Waals surface area contributed by atoms with Crippen LogP contribution in [0.15, 0.2) is 24.4 Å². The second-order valence-electron chi connectivity index (χ2n) is 5.61. The summed E-state index contributed by atoms with van der Waals surface area (Å²) in [4.78, 5) is 14.6. The number of hydrogen-bond acceptors (Lipinski definition) is 5. The van der Waals surface area contributed by atoms with Crippen molar-refractivity contribution in [3.05, 3.63) is 30.2 Å². The topological polar surface area (TPSA) is 69.0 Å². The summed E-state index contributed by atoms with van der Waals surface area (Å²) in [6.45, 7) is 2.10. The number of nitrogens with zero attached hydrogens (tertiary/aromatic N) is 4. The Balaban J connectivity index is 1.62. The van der Waals surface area contributed by atoms with E-state index >= 15 is 0 Å². The Morgan fingerprint density at radius 3 is 3.09 bits per heavy atom. The fraction of sp³-hybridized carbons (Fsp3) is 0.533. The zero-order valence-corrected chi connectivity index (χ0v) is 12.2. The van der Waals surface area contributed by atoms with Crippen molar-refractivity contribution >= 4 is 11.6 Å². The molecule has 0 bridgehead atoms. The van der Waals surface area contributed by atoms with Crippen LogP contribution in [0.2, 0.25) is 0 Å². The number of rotatable bonds is 2. The van der Waals surface area contributed by atoms with Crippen molar-refractivity contribution < 1.29 is 14.3 Å². The lowest BCUT2D eigenvalue weighted by Gasteiger charge is -2.29. The Morgan fingerprint density at radius 2 is 2.23 bits per heavy atom. The van der Waals surface area contributed by atoms with Gasteiger partial charge >= 0.3 is 0 Å². The molecule has 0 spiro atoms. The van der Waals surface area contributed by atoms with Crippen LogP contribution in [0.5, 0.6) is 0 Å². The lowest BCUT2D eigenvalue weighted by atomic mass is 10.2. The monoisotopic (exact) mass is 302 g/mol. The Kier molecular flexibility index (Phi) is 3.51.